The zero-order chi connectivity index (χ0) is 22.6. The van der Waals surface area contributed by atoms with Gasteiger partial charge in [0, 0.05) is 5.92 Å². The second-order valence-electron chi connectivity index (χ2n) is 9.08. The molecule has 3 aromatic carbocycles. The maximum Gasteiger partial charge on any atom is 0.0308 e. The molecule has 0 N–H and O–H groups in total. The van der Waals surface area contributed by atoms with Crippen molar-refractivity contribution in [3.05, 3.63) is 155 Å². The monoisotopic (exact) mass is 426 g/mol. The quantitative estimate of drug-likeness (QED) is 0.331. The fourth-order valence-electron chi connectivity index (χ4n) is 5.13. The molecule has 0 amide bonds. The van der Waals surface area contributed by atoms with Crippen LogP contribution in [-0.2, 0) is 6.42 Å². The van der Waals surface area contributed by atoms with Crippen molar-refractivity contribution in [2.24, 2.45) is 0 Å². The van der Waals surface area contributed by atoms with Gasteiger partial charge < -0.3 is 0 Å². The average molecular weight is 427 g/mol. The maximum atomic E-state index is 4.41. The van der Waals surface area contributed by atoms with Crippen molar-refractivity contribution >= 4 is 11.1 Å². The first kappa shape index (κ1) is 21.2. The minimum atomic E-state index is 0.321. The Morgan fingerprint density at radius 1 is 0.848 bits per heavy atom. The molecule has 0 radical (unpaired) electrons. The molecule has 0 nitrogen and oxygen atoms in total. The summed E-state index contributed by atoms with van der Waals surface area (Å²) >= 11 is 0. The number of fused-ring (bicyclic) bond motifs is 1. The lowest BCUT2D eigenvalue weighted by Crippen LogP contribution is -2.03. The Morgan fingerprint density at radius 2 is 1.55 bits per heavy atom. The lowest BCUT2D eigenvalue weighted by molar-refractivity contribution is 0.845. The van der Waals surface area contributed by atoms with E-state index in [1.165, 1.54) is 50.1 Å². The fraction of sp³-hybridized carbons (Fsp3) is 0.152. The minimum Gasteiger partial charge on any atom is -0.0995 e. The fourth-order valence-corrected chi connectivity index (χ4v) is 5.13. The summed E-state index contributed by atoms with van der Waals surface area (Å²) < 4.78 is 0. The van der Waals surface area contributed by atoms with Crippen LogP contribution in [0.4, 0.5) is 0 Å². The summed E-state index contributed by atoms with van der Waals surface area (Å²) in [5.74, 6) is 0.321. The second-order valence-corrected chi connectivity index (χ2v) is 9.08. The molecule has 0 aliphatic heterocycles. The zero-order valence-electron chi connectivity index (χ0n) is 19.1. The Bertz CT molecular complexity index is 1270. The SMILES string of the molecule is C=C(C/C=C1\C(=C)Cc2ccccc21)CCC1=CC=C(c2ccccc2)C1c1ccccc1. The van der Waals surface area contributed by atoms with Crippen LogP contribution in [0.3, 0.4) is 0 Å². The van der Waals surface area contributed by atoms with E-state index in [0.717, 1.165) is 25.7 Å². The molecular formula is C33H30. The molecule has 3 aromatic rings. The molecule has 0 aromatic heterocycles. The van der Waals surface area contributed by atoms with Crippen molar-refractivity contribution in [1.29, 1.82) is 0 Å². The molecule has 0 bridgehead atoms. The van der Waals surface area contributed by atoms with Gasteiger partial charge in [0.2, 0.25) is 0 Å². The third-order valence-electron chi connectivity index (χ3n) is 6.85. The predicted molar refractivity (Wildman–Crippen MR) is 142 cm³/mol. The summed E-state index contributed by atoms with van der Waals surface area (Å²) in [4.78, 5) is 0. The Hall–Kier alpha value is -3.64. The van der Waals surface area contributed by atoms with Gasteiger partial charge in [-0.2, -0.15) is 0 Å². The number of hydrogen-bond acceptors (Lipinski definition) is 0. The standard InChI is InChI=1S/C33H30/c1-24(18-21-30-25(2)23-29-15-9-10-16-31(29)30)17-19-28-20-22-32(26-11-5-3-6-12-26)33(28)27-13-7-4-8-14-27/h3-16,20-22,33H,1-2,17-19,23H2/b30-21+. The molecule has 1 unspecified atom stereocenters. The Morgan fingerprint density at radius 3 is 2.33 bits per heavy atom. The van der Waals surface area contributed by atoms with Crippen LogP contribution in [0.5, 0.6) is 0 Å². The first-order valence-electron chi connectivity index (χ1n) is 11.8. The van der Waals surface area contributed by atoms with Crippen molar-refractivity contribution in [2.45, 2.75) is 31.6 Å². The van der Waals surface area contributed by atoms with Crippen molar-refractivity contribution < 1.29 is 0 Å². The molecular weight excluding hydrogens is 396 g/mol. The summed E-state index contributed by atoms with van der Waals surface area (Å²) in [5.41, 5.74) is 12.1. The van der Waals surface area contributed by atoms with Gasteiger partial charge in [-0.15, -0.1) is 0 Å². The Balaban J connectivity index is 1.28. The van der Waals surface area contributed by atoms with Gasteiger partial charge >= 0.3 is 0 Å². The molecule has 0 saturated heterocycles. The normalized spacial score (nSPS) is 18.2. The lowest BCUT2D eigenvalue weighted by atomic mass is 9.83. The molecule has 2 aliphatic rings. The number of hydrogen-bond donors (Lipinski definition) is 0. The first-order valence-corrected chi connectivity index (χ1v) is 11.8. The summed E-state index contributed by atoms with van der Waals surface area (Å²) in [5, 5.41) is 0. The second kappa shape index (κ2) is 9.46. The first-order chi connectivity index (χ1) is 16.2. The van der Waals surface area contributed by atoms with Gasteiger partial charge in [0.1, 0.15) is 0 Å². The van der Waals surface area contributed by atoms with Crippen molar-refractivity contribution in [1.82, 2.24) is 0 Å². The highest BCUT2D eigenvalue weighted by atomic mass is 14.3. The molecule has 162 valence electrons. The molecule has 0 saturated carbocycles. The summed E-state index contributed by atoms with van der Waals surface area (Å²) in [6.45, 7) is 8.72. The zero-order valence-corrected chi connectivity index (χ0v) is 19.1. The molecule has 33 heavy (non-hydrogen) atoms. The van der Waals surface area contributed by atoms with E-state index in [1.807, 2.05) is 0 Å². The van der Waals surface area contributed by atoms with Crippen LogP contribution in [0.25, 0.3) is 11.1 Å². The van der Waals surface area contributed by atoms with Crippen LogP contribution in [0, 0.1) is 0 Å². The van der Waals surface area contributed by atoms with Crippen LogP contribution in [0.1, 0.15) is 47.4 Å². The van der Waals surface area contributed by atoms with E-state index >= 15 is 0 Å². The van der Waals surface area contributed by atoms with Crippen LogP contribution in [0.2, 0.25) is 0 Å². The highest BCUT2D eigenvalue weighted by Gasteiger charge is 2.25. The van der Waals surface area contributed by atoms with E-state index in [1.54, 1.807) is 0 Å². The van der Waals surface area contributed by atoms with Gasteiger partial charge in [-0.05, 0) is 64.7 Å². The molecule has 2 aliphatic carbocycles. The summed E-state index contributed by atoms with van der Waals surface area (Å²) in [6, 6.07) is 30.3. The molecule has 0 spiro atoms. The number of rotatable bonds is 7. The predicted octanol–water partition coefficient (Wildman–Crippen LogP) is 8.72. The van der Waals surface area contributed by atoms with Crippen molar-refractivity contribution in [2.75, 3.05) is 0 Å². The van der Waals surface area contributed by atoms with Crippen LogP contribution in [0.15, 0.2) is 133 Å². The van der Waals surface area contributed by atoms with E-state index in [0.29, 0.717) is 5.92 Å². The van der Waals surface area contributed by atoms with Gasteiger partial charge in [-0.3, -0.25) is 0 Å². The van der Waals surface area contributed by atoms with Crippen molar-refractivity contribution in [3.8, 4) is 0 Å². The largest absolute Gasteiger partial charge is 0.0995 e. The van der Waals surface area contributed by atoms with Crippen LogP contribution >= 0.6 is 0 Å². The van der Waals surface area contributed by atoms with E-state index in [4.69, 9.17) is 0 Å². The molecule has 0 heterocycles. The molecule has 0 heteroatoms. The van der Waals surface area contributed by atoms with E-state index in [9.17, 15) is 0 Å². The third kappa shape index (κ3) is 4.47. The van der Waals surface area contributed by atoms with Gasteiger partial charge in [0.25, 0.3) is 0 Å². The van der Waals surface area contributed by atoms with Gasteiger partial charge in [0.05, 0.1) is 0 Å². The maximum absolute atomic E-state index is 4.41. The van der Waals surface area contributed by atoms with E-state index < -0.39 is 0 Å². The minimum absolute atomic E-state index is 0.321. The number of allylic oxidation sites excluding steroid dienone is 8. The van der Waals surface area contributed by atoms with Crippen molar-refractivity contribution in [3.63, 3.8) is 0 Å². The lowest BCUT2D eigenvalue weighted by Gasteiger charge is -2.21. The highest BCUT2D eigenvalue weighted by molar-refractivity contribution is 5.85. The Labute approximate surface area is 198 Å². The summed E-state index contributed by atoms with van der Waals surface area (Å²) in [6.07, 6.45) is 10.9. The topological polar surface area (TPSA) is 0 Å². The van der Waals surface area contributed by atoms with Gasteiger partial charge in [-0.25, -0.2) is 0 Å². The third-order valence-corrected chi connectivity index (χ3v) is 6.85. The smallest absolute Gasteiger partial charge is 0.0308 e. The van der Waals surface area contributed by atoms with Crippen LogP contribution in [-0.4, -0.2) is 0 Å². The molecule has 1 atom stereocenters. The van der Waals surface area contributed by atoms with Crippen LogP contribution < -0.4 is 0 Å². The van der Waals surface area contributed by atoms with E-state index in [-0.39, 0.29) is 0 Å². The highest BCUT2D eigenvalue weighted by Crippen LogP contribution is 2.44. The number of benzene rings is 3. The Kier molecular flexibility index (Phi) is 6.09. The molecule has 0 fully saturated rings. The van der Waals surface area contributed by atoms with E-state index in [2.05, 4.69) is 116 Å². The van der Waals surface area contributed by atoms with Gasteiger partial charge in [0.15, 0.2) is 0 Å². The molecule has 5 rings (SSSR count). The average Bonchev–Trinajstić information content (AvgIpc) is 3.43. The summed E-state index contributed by atoms with van der Waals surface area (Å²) in [7, 11) is 0. The van der Waals surface area contributed by atoms with Gasteiger partial charge in [-0.1, -0.05) is 127 Å².